The number of ether oxygens (including phenoxy) is 1. The van der Waals surface area contributed by atoms with Crippen LogP contribution in [0, 0.1) is 19.8 Å². The number of pyridine rings is 1. The van der Waals surface area contributed by atoms with E-state index in [9.17, 15) is 14.4 Å². The molecule has 2 bridgehead atoms. The summed E-state index contributed by atoms with van der Waals surface area (Å²) in [7, 11) is 1.58. The second-order valence-corrected chi connectivity index (χ2v) is 8.94. The van der Waals surface area contributed by atoms with Crippen molar-refractivity contribution in [1.82, 2.24) is 9.47 Å². The molecular formula is C25H26N2O5. The van der Waals surface area contributed by atoms with E-state index in [4.69, 9.17) is 9.15 Å². The van der Waals surface area contributed by atoms with Crippen LogP contribution in [0.15, 0.2) is 44.3 Å². The highest BCUT2D eigenvalue weighted by molar-refractivity contribution is 5.87. The van der Waals surface area contributed by atoms with Crippen molar-refractivity contribution in [2.45, 2.75) is 39.2 Å². The van der Waals surface area contributed by atoms with E-state index >= 15 is 0 Å². The number of carbonyl (C=O) groups excluding carboxylic acids is 1. The molecule has 0 radical (unpaired) electrons. The first-order valence-electron chi connectivity index (χ1n) is 10.9. The summed E-state index contributed by atoms with van der Waals surface area (Å²) in [6, 6.07) is 9.08. The lowest BCUT2D eigenvalue weighted by atomic mass is 9.83. The van der Waals surface area contributed by atoms with Crippen molar-refractivity contribution in [3.8, 4) is 5.75 Å². The van der Waals surface area contributed by atoms with Crippen LogP contribution in [0.1, 0.15) is 34.7 Å². The zero-order valence-corrected chi connectivity index (χ0v) is 18.5. The van der Waals surface area contributed by atoms with Crippen LogP contribution in [0.2, 0.25) is 0 Å². The summed E-state index contributed by atoms with van der Waals surface area (Å²) in [5.74, 6) is 0.966. The van der Waals surface area contributed by atoms with Crippen LogP contribution in [-0.4, -0.2) is 35.6 Å². The predicted octanol–water partition coefficient (Wildman–Crippen LogP) is 2.77. The Bertz CT molecular complexity index is 1350. The SMILES string of the molecule is COc1ccc2c(C)c(CC(=O)N3C[C@@H]4C[C@@H](C3)c3cccc(=O)n3C4)c(=O)oc2c1C. The summed E-state index contributed by atoms with van der Waals surface area (Å²) < 4.78 is 12.8. The molecule has 2 atom stereocenters. The van der Waals surface area contributed by atoms with Gasteiger partial charge in [-0.15, -0.1) is 0 Å². The van der Waals surface area contributed by atoms with Gasteiger partial charge in [0.1, 0.15) is 11.3 Å². The Morgan fingerprint density at radius 1 is 1.09 bits per heavy atom. The molecule has 7 heteroatoms. The molecule has 0 saturated carbocycles. The number of fused-ring (bicyclic) bond motifs is 5. The summed E-state index contributed by atoms with van der Waals surface area (Å²) >= 11 is 0. The second-order valence-electron chi connectivity index (χ2n) is 8.94. The Kier molecular flexibility index (Phi) is 4.92. The van der Waals surface area contributed by atoms with Crippen LogP contribution >= 0.6 is 0 Å². The van der Waals surface area contributed by atoms with Crippen LogP contribution in [0.25, 0.3) is 11.0 Å². The van der Waals surface area contributed by atoms with Crippen molar-refractivity contribution in [1.29, 1.82) is 0 Å². The van der Waals surface area contributed by atoms with Gasteiger partial charge in [0.05, 0.1) is 19.1 Å². The number of hydrogen-bond donors (Lipinski definition) is 0. The molecule has 3 aromatic rings. The third-order valence-electron chi connectivity index (χ3n) is 7.03. The summed E-state index contributed by atoms with van der Waals surface area (Å²) in [6.07, 6.45) is 0.988. The molecule has 2 aliphatic rings. The van der Waals surface area contributed by atoms with E-state index in [1.54, 1.807) is 19.2 Å². The van der Waals surface area contributed by atoms with E-state index in [1.807, 2.05) is 41.5 Å². The molecule has 0 unspecified atom stereocenters. The number of carbonyl (C=O) groups is 1. The monoisotopic (exact) mass is 434 g/mol. The molecule has 2 aromatic heterocycles. The van der Waals surface area contributed by atoms with Crippen LogP contribution in [0.5, 0.6) is 5.75 Å². The van der Waals surface area contributed by atoms with E-state index < -0.39 is 5.63 Å². The van der Waals surface area contributed by atoms with Crippen molar-refractivity contribution >= 4 is 16.9 Å². The van der Waals surface area contributed by atoms with E-state index in [1.165, 1.54) is 0 Å². The molecule has 166 valence electrons. The second kappa shape index (κ2) is 7.65. The number of nitrogens with zero attached hydrogens (tertiary/aromatic N) is 2. The molecule has 32 heavy (non-hydrogen) atoms. The van der Waals surface area contributed by atoms with Gasteiger partial charge in [0, 0.05) is 48.3 Å². The average molecular weight is 434 g/mol. The van der Waals surface area contributed by atoms with Gasteiger partial charge in [-0.2, -0.15) is 0 Å². The molecule has 1 fully saturated rings. The molecule has 1 amide bonds. The van der Waals surface area contributed by atoms with Gasteiger partial charge in [-0.05, 0) is 49.9 Å². The summed E-state index contributed by atoms with van der Waals surface area (Å²) in [6.45, 7) is 5.51. The van der Waals surface area contributed by atoms with Crippen molar-refractivity contribution in [2.24, 2.45) is 5.92 Å². The average Bonchev–Trinajstić information content (AvgIpc) is 2.78. The van der Waals surface area contributed by atoms with Gasteiger partial charge in [0.25, 0.3) is 5.56 Å². The molecule has 7 nitrogen and oxygen atoms in total. The highest BCUT2D eigenvalue weighted by Crippen LogP contribution is 2.35. The summed E-state index contributed by atoms with van der Waals surface area (Å²) in [5, 5.41) is 0.814. The minimum absolute atomic E-state index is 0.0101. The fraction of sp³-hybridized carbons (Fsp3) is 0.400. The van der Waals surface area contributed by atoms with E-state index in [2.05, 4.69) is 0 Å². The molecule has 1 saturated heterocycles. The number of aryl methyl sites for hydroxylation is 2. The Balaban J connectivity index is 1.44. The summed E-state index contributed by atoms with van der Waals surface area (Å²) in [4.78, 5) is 40.1. The third kappa shape index (κ3) is 3.23. The van der Waals surface area contributed by atoms with E-state index in [-0.39, 0.29) is 29.7 Å². The van der Waals surface area contributed by atoms with Gasteiger partial charge >= 0.3 is 5.63 Å². The Morgan fingerprint density at radius 3 is 2.69 bits per heavy atom. The van der Waals surface area contributed by atoms with Crippen molar-refractivity contribution in [3.05, 3.63) is 73.5 Å². The molecule has 2 aliphatic heterocycles. The van der Waals surface area contributed by atoms with E-state index in [0.29, 0.717) is 36.5 Å². The molecule has 1 aromatic carbocycles. The van der Waals surface area contributed by atoms with Gasteiger partial charge in [-0.3, -0.25) is 9.59 Å². The third-order valence-corrected chi connectivity index (χ3v) is 7.03. The zero-order chi connectivity index (χ0) is 22.6. The Morgan fingerprint density at radius 2 is 1.91 bits per heavy atom. The Hall–Kier alpha value is -3.35. The van der Waals surface area contributed by atoms with E-state index in [0.717, 1.165) is 28.6 Å². The molecule has 0 spiro atoms. The quantitative estimate of drug-likeness (QED) is 0.592. The van der Waals surface area contributed by atoms with Gasteiger partial charge in [-0.25, -0.2) is 4.79 Å². The minimum atomic E-state index is -0.478. The first kappa shape index (κ1) is 20.5. The van der Waals surface area contributed by atoms with Gasteiger partial charge in [-0.1, -0.05) is 6.07 Å². The Labute approximate surface area is 185 Å². The van der Waals surface area contributed by atoms with Gasteiger partial charge < -0.3 is 18.6 Å². The maximum atomic E-state index is 13.2. The van der Waals surface area contributed by atoms with Gasteiger partial charge in [0.2, 0.25) is 5.91 Å². The smallest absolute Gasteiger partial charge is 0.340 e. The van der Waals surface area contributed by atoms with Crippen molar-refractivity contribution in [3.63, 3.8) is 0 Å². The van der Waals surface area contributed by atoms with Crippen LogP contribution in [0.3, 0.4) is 0 Å². The first-order chi connectivity index (χ1) is 15.4. The van der Waals surface area contributed by atoms with Crippen molar-refractivity contribution in [2.75, 3.05) is 20.2 Å². The van der Waals surface area contributed by atoms with Crippen molar-refractivity contribution < 1.29 is 13.9 Å². The zero-order valence-electron chi connectivity index (χ0n) is 18.5. The topological polar surface area (TPSA) is 81.8 Å². The number of hydrogen-bond acceptors (Lipinski definition) is 5. The first-order valence-corrected chi connectivity index (χ1v) is 10.9. The lowest BCUT2D eigenvalue weighted by Crippen LogP contribution is -2.49. The highest BCUT2D eigenvalue weighted by atomic mass is 16.5. The fourth-order valence-corrected chi connectivity index (χ4v) is 5.36. The maximum absolute atomic E-state index is 13.2. The van der Waals surface area contributed by atoms with Crippen LogP contribution in [-0.2, 0) is 17.8 Å². The maximum Gasteiger partial charge on any atom is 0.340 e. The standard InChI is InChI=1S/C25H26N2O5/c1-14-18-7-8-21(31-3)15(2)24(18)32-25(30)19(14)10-23(29)26-11-16-9-17(13-26)20-5-4-6-22(28)27(20)12-16/h4-8,16-17H,9-13H2,1-3H3/t16-,17-/m0/s1. The highest BCUT2D eigenvalue weighted by Gasteiger charge is 2.36. The number of amides is 1. The number of piperidine rings is 1. The minimum Gasteiger partial charge on any atom is -0.496 e. The lowest BCUT2D eigenvalue weighted by molar-refractivity contribution is -0.133. The van der Waals surface area contributed by atoms with Gasteiger partial charge in [0.15, 0.2) is 0 Å². The molecule has 5 rings (SSSR count). The molecule has 0 N–H and O–H groups in total. The number of methoxy groups -OCH3 is 1. The normalized spacial score (nSPS) is 19.7. The fourth-order valence-electron chi connectivity index (χ4n) is 5.36. The number of benzene rings is 1. The van der Waals surface area contributed by atoms with Crippen LogP contribution in [0.4, 0.5) is 0 Å². The lowest BCUT2D eigenvalue weighted by Gasteiger charge is -2.42. The van der Waals surface area contributed by atoms with Crippen LogP contribution < -0.4 is 15.9 Å². The number of aromatic nitrogens is 1. The largest absolute Gasteiger partial charge is 0.496 e. The summed E-state index contributed by atoms with van der Waals surface area (Å²) in [5.41, 5.74) is 2.97. The molecule has 0 aliphatic carbocycles. The molecular weight excluding hydrogens is 408 g/mol. The predicted molar refractivity (Wildman–Crippen MR) is 120 cm³/mol. The number of likely N-dealkylation sites (tertiary alicyclic amines) is 1. The molecule has 4 heterocycles. The number of rotatable bonds is 3.